The molecule has 2 N–H and O–H groups in total. The van der Waals surface area contributed by atoms with Crippen molar-refractivity contribution in [2.45, 2.75) is 0 Å². The minimum Gasteiger partial charge on any atom is -0.508 e. The Morgan fingerprint density at radius 2 is 1.62 bits per heavy atom. The fourth-order valence-corrected chi connectivity index (χ4v) is 1.44. The van der Waals surface area contributed by atoms with E-state index in [0.717, 1.165) is 11.1 Å². The van der Waals surface area contributed by atoms with Gasteiger partial charge in [-0.2, -0.15) is 0 Å². The number of para-hydroxylation sites is 1. The molecule has 16 heavy (non-hydrogen) atoms. The Bertz CT molecular complexity index is 516. The number of benzene rings is 2. The van der Waals surface area contributed by atoms with Gasteiger partial charge in [0.05, 0.1) is 0 Å². The summed E-state index contributed by atoms with van der Waals surface area (Å²) in [6.07, 6.45) is 3.65. The Morgan fingerprint density at radius 1 is 0.812 bits per heavy atom. The minimum atomic E-state index is 0.236. The zero-order valence-electron chi connectivity index (χ0n) is 8.67. The second-order valence-corrected chi connectivity index (χ2v) is 3.49. The molecule has 80 valence electrons. The summed E-state index contributed by atoms with van der Waals surface area (Å²) in [6, 6.07) is 14.1. The molecule has 2 aromatic rings. The first-order valence-electron chi connectivity index (χ1n) is 5.01. The van der Waals surface area contributed by atoms with Gasteiger partial charge in [0, 0.05) is 5.56 Å². The molecule has 2 aromatic carbocycles. The van der Waals surface area contributed by atoms with Gasteiger partial charge in [-0.25, -0.2) is 0 Å². The molecule has 2 nitrogen and oxygen atoms in total. The predicted octanol–water partition coefficient (Wildman–Crippen LogP) is 3.27. The van der Waals surface area contributed by atoms with E-state index < -0.39 is 0 Å². The van der Waals surface area contributed by atoms with E-state index in [1.54, 1.807) is 30.3 Å². The maximum atomic E-state index is 9.54. The molecule has 0 aliphatic carbocycles. The van der Waals surface area contributed by atoms with Crippen LogP contribution in [0.5, 0.6) is 11.5 Å². The molecule has 0 fully saturated rings. The van der Waals surface area contributed by atoms with E-state index in [0.29, 0.717) is 0 Å². The van der Waals surface area contributed by atoms with Gasteiger partial charge in [0.25, 0.3) is 0 Å². The van der Waals surface area contributed by atoms with Crippen LogP contribution in [0.4, 0.5) is 0 Å². The van der Waals surface area contributed by atoms with Crippen molar-refractivity contribution in [3.63, 3.8) is 0 Å². The van der Waals surface area contributed by atoms with Crippen LogP contribution in [0.2, 0.25) is 0 Å². The Kier molecular flexibility index (Phi) is 2.92. The first-order valence-corrected chi connectivity index (χ1v) is 5.01. The highest BCUT2D eigenvalue weighted by Crippen LogP contribution is 2.19. The molecule has 2 heteroatoms. The zero-order chi connectivity index (χ0) is 11.4. The second kappa shape index (κ2) is 4.53. The standard InChI is InChI=1S/C14H12O2/c15-13-6-3-4-11(10-13)8-9-12-5-1-2-7-14(12)16/h1-10,15-16H. The molecule has 0 atom stereocenters. The van der Waals surface area contributed by atoms with E-state index in [1.807, 2.05) is 30.4 Å². The molecule has 0 aliphatic rings. The van der Waals surface area contributed by atoms with Gasteiger partial charge in [0.1, 0.15) is 11.5 Å². The largest absolute Gasteiger partial charge is 0.508 e. The average Bonchev–Trinajstić information content (AvgIpc) is 2.28. The van der Waals surface area contributed by atoms with Crippen LogP contribution in [0.1, 0.15) is 11.1 Å². The third kappa shape index (κ3) is 2.42. The van der Waals surface area contributed by atoms with Crippen molar-refractivity contribution in [2.75, 3.05) is 0 Å². The number of phenolic OH excluding ortho intramolecular Hbond substituents is 2. The van der Waals surface area contributed by atoms with Gasteiger partial charge in [-0.15, -0.1) is 0 Å². The van der Waals surface area contributed by atoms with Gasteiger partial charge < -0.3 is 10.2 Å². The quantitative estimate of drug-likeness (QED) is 0.750. The van der Waals surface area contributed by atoms with Gasteiger partial charge in [0.2, 0.25) is 0 Å². The number of hydrogen-bond acceptors (Lipinski definition) is 2. The van der Waals surface area contributed by atoms with Crippen LogP contribution < -0.4 is 0 Å². The monoisotopic (exact) mass is 212 g/mol. The van der Waals surface area contributed by atoms with Crippen molar-refractivity contribution < 1.29 is 10.2 Å². The van der Waals surface area contributed by atoms with Crippen molar-refractivity contribution in [1.29, 1.82) is 0 Å². The molecule has 0 saturated carbocycles. The van der Waals surface area contributed by atoms with Gasteiger partial charge in [-0.1, -0.05) is 42.5 Å². The lowest BCUT2D eigenvalue weighted by atomic mass is 10.1. The fourth-order valence-electron chi connectivity index (χ4n) is 1.44. The Labute approximate surface area is 94.1 Å². The lowest BCUT2D eigenvalue weighted by Gasteiger charge is -1.98. The summed E-state index contributed by atoms with van der Waals surface area (Å²) in [4.78, 5) is 0. The van der Waals surface area contributed by atoms with Crippen LogP contribution in [0.15, 0.2) is 48.5 Å². The van der Waals surface area contributed by atoms with Gasteiger partial charge in [0.15, 0.2) is 0 Å². The van der Waals surface area contributed by atoms with E-state index in [9.17, 15) is 10.2 Å². The van der Waals surface area contributed by atoms with Crippen LogP contribution in [0.25, 0.3) is 12.2 Å². The normalized spacial score (nSPS) is 10.8. The average molecular weight is 212 g/mol. The first kappa shape index (κ1) is 10.3. The zero-order valence-corrected chi connectivity index (χ0v) is 8.67. The number of rotatable bonds is 2. The van der Waals surface area contributed by atoms with Crippen molar-refractivity contribution in [3.05, 3.63) is 59.7 Å². The van der Waals surface area contributed by atoms with Gasteiger partial charge in [-0.3, -0.25) is 0 Å². The molecule has 0 aromatic heterocycles. The van der Waals surface area contributed by atoms with Crippen LogP contribution in [0.3, 0.4) is 0 Å². The van der Waals surface area contributed by atoms with Crippen LogP contribution in [0, 0.1) is 0 Å². The number of phenols is 2. The molecule has 0 bridgehead atoms. The Balaban J connectivity index is 2.25. The van der Waals surface area contributed by atoms with Crippen molar-refractivity contribution in [3.8, 4) is 11.5 Å². The third-order valence-electron chi connectivity index (χ3n) is 2.26. The summed E-state index contributed by atoms with van der Waals surface area (Å²) >= 11 is 0. The number of hydrogen-bond donors (Lipinski definition) is 2. The predicted molar refractivity (Wildman–Crippen MR) is 65.1 cm³/mol. The maximum absolute atomic E-state index is 9.54. The van der Waals surface area contributed by atoms with E-state index in [-0.39, 0.29) is 11.5 Å². The summed E-state index contributed by atoms with van der Waals surface area (Å²) < 4.78 is 0. The van der Waals surface area contributed by atoms with E-state index in [1.165, 1.54) is 0 Å². The van der Waals surface area contributed by atoms with Crippen molar-refractivity contribution in [1.82, 2.24) is 0 Å². The second-order valence-electron chi connectivity index (χ2n) is 3.49. The molecular formula is C14H12O2. The molecule has 0 spiro atoms. The smallest absolute Gasteiger partial charge is 0.122 e. The Hall–Kier alpha value is -2.22. The summed E-state index contributed by atoms with van der Waals surface area (Å²) in [5.41, 5.74) is 1.65. The summed E-state index contributed by atoms with van der Waals surface area (Å²) in [5.74, 6) is 0.485. The van der Waals surface area contributed by atoms with Crippen molar-refractivity contribution in [2.24, 2.45) is 0 Å². The number of aromatic hydroxyl groups is 2. The molecule has 0 amide bonds. The van der Waals surface area contributed by atoms with Gasteiger partial charge in [-0.05, 0) is 23.8 Å². The molecule has 0 unspecified atom stereocenters. The third-order valence-corrected chi connectivity index (χ3v) is 2.26. The maximum Gasteiger partial charge on any atom is 0.122 e. The van der Waals surface area contributed by atoms with Crippen LogP contribution >= 0.6 is 0 Å². The SMILES string of the molecule is Oc1cccc(C=Cc2ccccc2O)c1. The molecule has 2 rings (SSSR count). The minimum absolute atomic E-state index is 0.236. The van der Waals surface area contributed by atoms with E-state index in [2.05, 4.69) is 0 Å². The van der Waals surface area contributed by atoms with Gasteiger partial charge >= 0.3 is 0 Å². The van der Waals surface area contributed by atoms with E-state index in [4.69, 9.17) is 0 Å². The highest BCUT2D eigenvalue weighted by Gasteiger charge is 1.94. The molecule has 0 heterocycles. The lowest BCUT2D eigenvalue weighted by Crippen LogP contribution is -1.74. The molecule has 0 saturated heterocycles. The summed E-state index contributed by atoms with van der Waals surface area (Å²) in [5, 5.41) is 18.8. The molecule has 0 radical (unpaired) electrons. The topological polar surface area (TPSA) is 40.5 Å². The highest BCUT2D eigenvalue weighted by atomic mass is 16.3. The fraction of sp³-hybridized carbons (Fsp3) is 0. The first-order chi connectivity index (χ1) is 7.75. The van der Waals surface area contributed by atoms with Crippen molar-refractivity contribution >= 4 is 12.2 Å². The van der Waals surface area contributed by atoms with Crippen LogP contribution in [-0.2, 0) is 0 Å². The molecular weight excluding hydrogens is 200 g/mol. The van der Waals surface area contributed by atoms with E-state index >= 15 is 0 Å². The molecule has 0 aliphatic heterocycles. The summed E-state index contributed by atoms with van der Waals surface area (Å²) in [6.45, 7) is 0. The Morgan fingerprint density at radius 3 is 2.38 bits per heavy atom. The highest BCUT2D eigenvalue weighted by molar-refractivity contribution is 5.72. The van der Waals surface area contributed by atoms with Crippen LogP contribution in [-0.4, -0.2) is 10.2 Å². The summed E-state index contributed by atoms with van der Waals surface area (Å²) in [7, 11) is 0. The lowest BCUT2D eigenvalue weighted by molar-refractivity contribution is 0.474.